The van der Waals surface area contributed by atoms with Gasteiger partial charge in [-0.05, 0) is 49.2 Å². The van der Waals surface area contributed by atoms with Gasteiger partial charge in [-0.15, -0.1) is 0 Å². The van der Waals surface area contributed by atoms with E-state index in [-0.39, 0.29) is 0 Å². The Labute approximate surface area is 147 Å². The molecule has 0 fully saturated rings. The molecule has 1 heterocycles. The third kappa shape index (κ3) is 3.37. The third-order valence-corrected chi connectivity index (χ3v) is 4.49. The summed E-state index contributed by atoms with van der Waals surface area (Å²) in [5, 5.41) is 12.5. The number of fused-ring (bicyclic) bond motifs is 1. The Morgan fingerprint density at radius 1 is 1.12 bits per heavy atom. The molecule has 0 radical (unpaired) electrons. The monoisotopic (exact) mass is 340 g/mol. The van der Waals surface area contributed by atoms with Gasteiger partial charge in [0.15, 0.2) is 0 Å². The van der Waals surface area contributed by atoms with E-state index < -0.39 is 6.10 Å². The summed E-state index contributed by atoms with van der Waals surface area (Å²) in [6.45, 7) is 4.48. The topological polar surface area (TPSA) is 36.4 Å². The number of likely N-dealkylation sites (N-methyl/N-ethyl adjacent to an activating group) is 1. The Morgan fingerprint density at radius 2 is 1.88 bits per heavy atom. The Kier molecular flexibility index (Phi) is 4.74. The minimum absolute atomic E-state index is 0.479. The highest BCUT2D eigenvalue weighted by molar-refractivity contribution is 6.30. The molecular formula is C20H21ClN2O. The molecule has 1 unspecified atom stereocenters. The molecule has 4 heteroatoms. The lowest BCUT2D eigenvalue weighted by molar-refractivity contribution is 0.186. The minimum Gasteiger partial charge on any atom is -0.387 e. The zero-order chi connectivity index (χ0) is 17.3. The summed E-state index contributed by atoms with van der Waals surface area (Å²) in [5.74, 6) is 0. The van der Waals surface area contributed by atoms with Crippen molar-refractivity contribution in [3.8, 4) is 0 Å². The van der Waals surface area contributed by atoms with E-state index in [2.05, 4.69) is 4.98 Å². The number of aliphatic hydroxyl groups excluding tert-OH is 1. The van der Waals surface area contributed by atoms with Gasteiger partial charge >= 0.3 is 0 Å². The number of hydrogen-bond acceptors (Lipinski definition) is 3. The van der Waals surface area contributed by atoms with Crippen molar-refractivity contribution < 1.29 is 5.11 Å². The maximum Gasteiger partial charge on any atom is 0.0971 e. The molecule has 3 nitrogen and oxygen atoms in total. The second-order valence-electron chi connectivity index (χ2n) is 6.20. The second-order valence-corrected chi connectivity index (χ2v) is 6.64. The number of aryl methyl sites for hydroxylation is 2. The molecule has 3 aromatic rings. The highest BCUT2D eigenvalue weighted by Gasteiger charge is 2.16. The first-order valence-electron chi connectivity index (χ1n) is 7.97. The zero-order valence-corrected chi connectivity index (χ0v) is 14.9. The van der Waals surface area contributed by atoms with Crippen LogP contribution in [0.25, 0.3) is 10.9 Å². The van der Waals surface area contributed by atoms with Crippen LogP contribution in [0.2, 0.25) is 5.02 Å². The molecule has 24 heavy (non-hydrogen) atoms. The Bertz CT molecular complexity index is 879. The van der Waals surface area contributed by atoms with Crippen molar-refractivity contribution >= 4 is 28.2 Å². The van der Waals surface area contributed by atoms with E-state index >= 15 is 0 Å². The molecule has 1 N–H and O–H groups in total. The molecule has 0 spiro atoms. The van der Waals surface area contributed by atoms with Crippen molar-refractivity contribution in [2.24, 2.45) is 0 Å². The molecule has 1 atom stereocenters. The number of nitrogens with zero attached hydrogens (tertiary/aromatic N) is 2. The molecule has 124 valence electrons. The normalized spacial score (nSPS) is 12.4. The predicted molar refractivity (Wildman–Crippen MR) is 101 cm³/mol. The number of halogens is 1. The van der Waals surface area contributed by atoms with E-state index in [1.54, 1.807) is 0 Å². The summed E-state index contributed by atoms with van der Waals surface area (Å²) >= 11 is 6.06. The fraction of sp³-hybridized carbons (Fsp3) is 0.250. The Morgan fingerprint density at radius 3 is 2.62 bits per heavy atom. The van der Waals surface area contributed by atoms with Crippen molar-refractivity contribution in [2.45, 2.75) is 20.0 Å². The Hall–Kier alpha value is -2.10. The number of rotatable bonds is 4. The minimum atomic E-state index is -0.611. The summed E-state index contributed by atoms with van der Waals surface area (Å²) in [6.07, 6.45) is -0.611. The standard InChI is InChI=1S/C20H21ClN2O/c1-13-6-4-9-17-18(10-14(2)22-20(13)17)19(24)12-23(3)16-8-5-7-15(21)11-16/h4-11,19,24H,12H2,1-3H3. The highest BCUT2D eigenvalue weighted by Crippen LogP contribution is 2.28. The van der Waals surface area contributed by atoms with E-state index in [0.717, 1.165) is 33.4 Å². The SMILES string of the molecule is Cc1cc(C(O)CN(C)c2cccc(Cl)c2)c2cccc(C)c2n1. The fourth-order valence-electron chi connectivity index (χ4n) is 3.00. The second kappa shape index (κ2) is 6.80. The van der Waals surface area contributed by atoms with Gasteiger partial charge in [0, 0.05) is 35.4 Å². The number of aliphatic hydroxyl groups is 1. The smallest absolute Gasteiger partial charge is 0.0971 e. The van der Waals surface area contributed by atoms with Crippen LogP contribution in [0, 0.1) is 13.8 Å². The van der Waals surface area contributed by atoms with E-state index in [0.29, 0.717) is 11.6 Å². The molecule has 0 saturated carbocycles. The number of hydrogen-bond donors (Lipinski definition) is 1. The van der Waals surface area contributed by atoms with Crippen LogP contribution in [-0.2, 0) is 0 Å². The van der Waals surface area contributed by atoms with Crippen LogP contribution in [-0.4, -0.2) is 23.7 Å². The van der Waals surface area contributed by atoms with E-state index in [1.807, 2.05) is 74.3 Å². The van der Waals surface area contributed by atoms with Gasteiger partial charge in [0.1, 0.15) is 0 Å². The molecule has 0 saturated heterocycles. The van der Waals surface area contributed by atoms with E-state index in [1.165, 1.54) is 0 Å². The van der Waals surface area contributed by atoms with Gasteiger partial charge in [-0.1, -0.05) is 35.9 Å². The van der Waals surface area contributed by atoms with Crippen molar-refractivity contribution in [2.75, 3.05) is 18.5 Å². The van der Waals surface area contributed by atoms with Gasteiger partial charge < -0.3 is 10.0 Å². The first-order valence-corrected chi connectivity index (χ1v) is 8.35. The number of anilines is 1. The fourth-order valence-corrected chi connectivity index (χ4v) is 3.19. The molecule has 0 aliphatic heterocycles. The van der Waals surface area contributed by atoms with E-state index in [9.17, 15) is 5.11 Å². The van der Waals surface area contributed by atoms with Crippen LogP contribution >= 0.6 is 11.6 Å². The average molecular weight is 341 g/mol. The van der Waals surface area contributed by atoms with Crippen molar-refractivity contribution in [1.82, 2.24) is 4.98 Å². The Balaban J connectivity index is 1.94. The molecular weight excluding hydrogens is 320 g/mol. The lowest BCUT2D eigenvalue weighted by Gasteiger charge is -2.24. The van der Waals surface area contributed by atoms with Crippen LogP contribution in [0.4, 0.5) is 5.69 Å². The number of pyridine rings is 1. The van der Waals surface area contributed by atoms with Gasteiger partial charge in [0.05, 0.1) is 11.6 Å². The van der Waals surface area contributed by atoms with Crippen LogP contribution in [0.1, 0.15) is 22.9 Å². The van der Waals surface area contributed by atoms with Gasteiger partial charge in [-0.25, -0.2) is 0 Å². The largest absolute Gasteiger partial charge is 0.387 e. The summed E-state index contributed by atoms with van der Waals surface area (Å²) < 4.78 is 0. The van der Waals surface area contributed by atoms with Crippen molar-refractivity contribution in [3.05, 3.63) is 70.4 Å². The number of aromatic nitrogens is 1. The molecule has 1 aromatic heterocycles. The lowest BCUT2D eigenvalue weighted by Crippen LogP contribution is -2.24. The first-order chi connectivity index (χ1) is 11.5. The van der Waals surface area contributed by atoms with Crippen LogP contribution < -0.4 is 4.90 Å². The van der Waals surface area contributed by atoms with Crippen molar-refractivity contribution in [1.29, 1.82) is 0 Å². The van der Waals surface area contributed by atoms with Crippen molar-refractivity contribution in [3.63, 3.8) is 0 Å². The zero-order valence-electron chi connectivity index (χ0n) is 14.1. The lowest BCUT2D eigenvalue weighted by atomic mass is 10.00. The maximum absolute atomic E-state index is 10.8. The molecule has 0 aliphatic rings. The summed E-state index contributed by atoms with van der Waals surface area (Å²) in [4.78, 5) is 6.63. The van der Waals surface area contributed by atoms with Crippen LogP contribution in [0.5, 0.6) is 0 Å². The van der Waals surface area contributed by atoms with E-state index in [4.69, 9.17) is 11.6 Å². The third-order valence-electron chi connectivity index (χ3n) is 4.26. The number of benzene rings is 2. The van der Waals surface area contributed by atoms with Gasteiger partial charge in [-0.3, -0.25) is 4.98 Å². The molecule has 0 bridgehead atoms. The number of para-hydroxylation sites is 1. The maximum atomic E-state index is 10.8. The summed E-state index contributed by atoms with van der Waals surface area (Å²) in [6, 6.07) is 15.7. The quantitative estimate of drug-likeness (QED) is 0.749. The van der Waals surface area contributed by atoms with Gasteiger partial charge in [-0.2, -0.15) is 0 Å². The van der Waals surface area contributed by atoms with Crippen LogP contribution in [0.3, 0.4) is 0 Å². The molecule has 2 aromatic carbocycles. The van der Waals surface area contributed by atoms with Gasteiger partial charge in [0.2, 0.25) is 0 Å². The summed E-state index contributed by atoms with van der Waals surface area (Å²) in [7, 11) is 1.95. The molecule has 3 rings (SSSR count). The molecule has 0 aliphatic carbocycles. The van der Waals surface area contributed by atoms with Gasteiger partial charge in [0.25, 0.3) is 0 Å². The summed E-state index contributed by atoms with van der Waals surface area (Å²) in [5.41, 5.74) is 4.88. The highest BCUT2D eigenvalue weighted by atomic mass is 35.5. The molecule has 0 amide bonds. The predicted octanol–water partition coefficient (Wildman–Crippen LogP) is 4.67. The average Bonchev–Trinajstić information content (AvgIpc) is 2.55. The first kappa shape index (κ1) is 16.7. The van der Waals surface area contributed by atoms with Crippen LogP contribution in [0.15, 0.2) is 48.5 Å².